The molecule has 0 aliphatic carbocycles. The molecule has 0 amide bonds. The normalized spacial score (nSPS) is 11.5. The number of rotatable bonds is 18. The molecule has 4 aromatic carbocycles. The first-order valence-corrected chi connectivity index (χ1v) is 17.9. The van der Waals surface area contributed by atoms with E-state index >= 15 is 0 Å². The second kappa shape index (κ2) is 18.0. The van der Waals surface area contributed by atoms with Crippen LogP contribution in [-0.2, 0) is 9.53 Å². The Morgan fingerprint density at radius 3 is 1.64 bits per heavy atom. The van der Waals surface area contributed by atoms with E-state index in [1.165, 1.54) is 80.2 Å². The highest BCUT2D eigenvalue weighted by atomic mass is 31.2. The summed E-state index contributed by atoms with van der Waals surface area (Å²) in [5.74, 6) is 0.0920. The molecule has 0 saturated carbocycles. The molecule has 4 rings (SSSR count). The van der Waals surface area contributed by atoms with Crippen LogP contribution in [-0.4, -0.2) is 31.0 Å². The van der Waals surface area contributed by atoms with E-state index < -0.39 is 7.26 Å². The monoisotopic (exact) mass is 609 g/mol. The fourth-order valence-electron chi connectivity index (χ4n) is 5.75. The third kappa shape index (κ3) is 9.56. The highest BCUT2D eigenvalue weighted by molar-refractivity contribution is 7.95. The molecule has 0 spiro atoms. The summed E-state index contributed by atoms with van der Waals surface area (Å²) in [6.07, 6.45) is 14.9. The minimum Gasteiger partial charge on any atom is -0.504 e. The molecule has 5 heteroatoms. The van der Waals surface area contributed by atoms with Crippen molar-refractivity contribution in [3.63, 3.8) is 0 Å². The standard InChI is InChI=1S/C39H45O4P/c1-42-38-32-33(26-28-37(38)40)27-29-39(41)43-30-18-7-5-3-2-4-6-8-19-31-44(34-20-12-9-13-21-34,35-22-14-10-15-23-35)36-24-16-11-17-25-36/h9-17,20-29,32H,2-8,18-19,30-31H2,1H3/p+1. The summed E-state index contributed by atoms with van der Waals surface area (Å²) in [4.78, 5) is 12.0. The number of esters is 1. The second-order valence-corrected chi connectivity index (χ2v) is 14.8. The molecule has 0 aromatic heterocycles. The number of hydrogen-bond donors (Lipinski definition) is 1. The molecule has 4 nitrogen and oxygen atoms in total. The van der Waals surface area contributed by atoms with Crippen LogP contribution < -0.4 is 20.7 Å². The number of phenols is 1. The summed E-state index contributed by atoms with van der Waals surface area (Å²) >= 11 is 0. The smallest absolute Gasteiger partial charge is 0.330 e. The lowest BCUT2D eigenvalue weighted by atomic mass is 10.1. The van der Waals surface area contributed by atoms with E-state index in [2.05, 4.69) is 91.0 Å². The van der Waals surface area contributed by atoms with Crippen LogP contribution in [0.1, 0.15) is 63.4 Å². The molecule has 0 unspecified atom stereocenters. The van der Waals surface area contributed by atoms with Crippen LogP contribution in [0.4, 0.5) is 0 Å². The van der Waals surface area contributed by atoms with Crippen molar-refractivity contribution in [3.8, 4) is 11.5 Å². The van der Waals surface area contributed by atoms with E-state index in [0.29, 0.717) is 12.4 Å². The third-order valence-electron chi connectivity index (χ3n) is 8.09. The zero-order chi connectivity index (χ0) is 30.9. The van der Waals surface area contributed by atoms with Gasteiger partial charge in [-0.05, 0) is 79.4 Å². The topological polar surface area (TPSA) is 55.8 Å². The predicted octanol–water partition coefficient (Wildman–Crippen LogP) is 8.46. The van der Waals surface area contributed by atoms with Crippen molar-refractivity contribution in [2.45, 2.75) is 57.8 Å². The molecule has 0 aliphatic heterocycles. The maximum atomic E-state index is 12.0. The molecule has 0 radical (unpaired) electrons. The van der Waals surface area contributed by atoms with E-state index in [0.717, 1.165) is 18.4 Å². The van der Waals surface area contributed by atoms with Crippen molar-refractivity contribution < 1.29 is 19.4 Å². The number of unbranched alkanes of at least 4 members (excludes halogenated alkanes) is 8. The Morgan fingerprint density at radius 1 is 0.659 bits per heavy atom. The lowest BCUT2D eigenvalue weighted by Crippen LogP contribution is -2.33. The van der Waals surface area contributed by atoms with E-state index in [1.54, 1.807) is 24.3 Å². The minimum absolute atomic E-state index is 0.0704. The molecule has 0 fully saturated rings. The average Bonchev–Trinajstić information content (AvgIpc) is 3.08. The van der Waals surface area contributed by atoms with Crippen LogP contribution in [0.3, 0.4) is 0 Å². The number of benzene rings is 4. The van der Waals surface area contributed by atoms with E-state index in [4.69, 9.17) is 9.47 Å². The zero-order valence-corrected chi connectivity index (χ0v) is 26.8. The number of aromatic hydroxyl groups is 1. The van der Waals surface area contributed by atoms with Crippen LogP contribution in [0.25, 0.3) is 6.08 Å². The summed E-state index contributed by atoms with van der Waals surface area (Å²) in [6, 6.07) is 38.4. The van der Waals surface area contributed by atoms with Crippen LogP contribution in [0, 0.1) is 0 Å². The number of methoxy groups -OCH3 is 1. The molecule has 0 aliphatic rings. The number of carbonyl (C=O) groups is 1. The quantitative estimate of drug-likeness (QED) is 0.0532. The second-order valence-electron chi connectivity index (χ2n) is 11.2. The fourth-order valence-corrected chi connectivity index (χ4v) is 10.2. The highest BCUT2D eigenvalue weighted by Gasteiger charge is 2.44. The number of hydrogen-bond acceptors (Lipinski definition) is 4. The molecule has 0 saturated heterocycles. The maximum absolute atomic E-state index is 12.0. The molecule has 4 aromatic rings. The maximum Gasteiger partial charge on any atom is 0.330 e. The van der Waals surface area contributed by atoms with Gasteiger partial charge in [-0.1, -0.05) is 99.2 Å². The summed E-state index contributed by atoms with van der Waals surface area (Å²) in [7, 11) is -0.223. The first-order valence-electron chi connectivity index (χ1n) is 15.9. The van der Waals surface area contributed by atoms with Crippen molar-refractivity contribution in [2.75, 3.05) is 19.9 Å². The molecule has 0 atom stereocenters. The van der Waals surface area contributed by atoms with E-state index in [-0.39, 0.29) is 11.7 Å². The van der Waals surface area contributed by atoms with Crippen molar-refractivity contribution in [3.05, 3.63) is 121 Å². The Morgan fingerprint density at radius 2 is 1.14 bits per heavy atom. The van der Waals surface area contributed by atoms with Crippen LogP contribution in [0.15, 0.2) is 115 Å². The highest BCUT2D eigenvalue weighted by Crippen LogP contribution is 2.56. The molecule has 0 bridgehead atoms. The Balaban J connectivity index is 1.14. The van der Waals surface area contributed by atoms with Gasteiger partial charge in [0.1, 0.15) is 23.2 Å². The summed E-state index contributed by atoms with van der Waals surface area (Å²) in [6.45, 7) is 0.442. The van der Waals surface area contributed by atoms with Crippen LogP contribution >= 0.6 is 7.26 Å². The van der Waals surface area contributed by atoms with Gasteiger partial charge in [-0.3, -0.25) is 0 Å². The van der Waals surface area contributed by atoms with Gasteiger partial charge < -0.3 is 14.6 Å². The van der Waals surface area contributed by atoms with Crippen molar-refractivity contribution in [1.82, 2.24) is 0 Å². The molecular weight excluding hydrogens is 563 g/mol. The lowest BCUT2D eigenvalue weighted by Gasteiger charge is -2.27. The minimum atomic E-state index is -1.72. The van der Waals surface area contributed by atoms with Crippen LogP contribution in [0.5, 0.6) is 11.5 Å². The third-order valence-corrected chi connectivity index (χ3v) is 12.6. The van der Waals surface area contributed by atoms with Crippen LogP contribution in [0.2, 0.25) is 0 Å². The number of ether oxygens (including phenoxy) is 2. The van der Waals surface area contributed by atoms with Gasteiger partial charge in [-0.2, -0.15) is 0 Å². The SMILES string of the molecule is COc1cc(/C=C/C(=O)OCCCCCCCCCCC[P+](c2ccccc2)(c2ccccc2)c2ccccc2)ccc1O. The molecule has 230 valence electrons. The Hall–Kier alpha value is -3.88. The van der Waals surface area contributed by atoms with Gasteiger partial charge >= 0.3 is 5.97 Å². The molecule has 44 heavy (non-hydrogen) atoms. The molecular formula is C39H46O4P+. The van der Waals surface area contributed by atoms with Gasteiger partial charge in [0.05, 0.1) is 19.9 Å². The van der Waals surface area contributed by atoms with Crippen molar-refractivity contribution >= 4 is 35.2 Å². The Kier molecular flexibility index (Phi) is 13.5. The summed E-state index contributed by atoms with van der Waals surface area (Å²) < 4.78 is 10.4. The summed E-state index contributed by atoms with van der Waals surface area (Å²) in [5, 5.41) is 14.1. The van der Waals surface area contributed by atoms with Crippen molar-refractivity contribution in [1.29, 1.82) is 0 Å². The van der Waals surface area contributed by atoms with Gasteiger partial charge in [-0.15, -0.1) is 0 Å². The Bertz CT molecular complexity index is 1320. The Labute approximate surface area is 264 Å². The fraction of sp³-hybridized carbons (Fsp3) is 0.308. The largest absolute Gasteiger partial charge is 0.504 e. The first kappa shape index (κ1) is 33.0. The van der Waals surface area contributed by atoms with Gasteiger partial charge in [-0.25, -0.2) is 4.79 Å². The zero-order valence-electron chi connectivity index (χ0n) is 25.9. The molecule has 1 N–H and O–H groups in total. The van der Waals surface area contributed by atoms with Gasteiger partial charge in [0.2, 0.25) is 0 Å². The van der Waals surface area contributed by atoms with E-state index in [1.807, 2.05) is 0 Å². The number of carbonyl (C=O) groups excluding carboxylic acids is 1. The lowest BCUT2D eigenvalue weighted by molar-refractivity contribution is -0.137. The van der Waals surface area contributed by atoms with E-state index in [9.17, 15) is 9.90 Å². The predicted molar refractivity (Wildman–Crippen MR) is 186 cm³/mol. The van der Waals surface area contributed by atoms with Gasteiger partial charge in [0.25, 0.3) is 0 Å². The average molecular weight is 610 g/mol. The summed E-state index contributed by atoms with van der Waals surface area (Å²) in [5.41, 5.74) is 0.765. The molecule has 0 heterocycles. The van der Waals surface area contributed by atoms with Crippen molar-refractivity contribution in [2.24, 2.45) is 0 Å². The van der Waals surface area contributed by atoms with Gasteiger partial charge in [0.15, 0.2) is 11.5 Å². The number of phenolic OH excluding ortho intramolecular Hbond substituents is 1. The van der Waals surface area contributed by atoms with Gasteiger partial charge in [0, 0.05) is 6.08 Å². The first-order chi connectivity index (χ1) is 21.6.